The van der Waals surface area contributed by atoms with Gasteiger partial charge >= 0.3 is 0 Å². The van der Waals surface area contributed by atoms with Crippen molar-refractivity contribution in [1.29, 1.82) is 0 Å². The highest BCUT2D eigenvalue weighted by molar-refractivity contribution is 5.29. The van der Waals surface area contributed by atoms with Crippen LogP contribution in [0.15, 0.2) is 24.3 Å². The van der Waals surface area contributed by atoms with Gasteiger partial charge < -0.3 is 20.5 Å². The van der Waals surface area contributed by atoms with Crippen LogP contribution in [0.4, 0.5) is 0 Å². The molecule has 0 heterocycles. The second-order valence-electron chi connectivity index (χ2n) is 5.86. The quantitative estimate of drug-likeness (QED) is 0.788. The van der Waals surface area contributed by atoms with Crippen LogP contribution in [0.3, 0.4) is 0 Å². The fraction of sp³-hybridized carbons (Fsp3) is 0.600. The van der Waals surface area contributed by atoms with Gasteiger partial charge in [-0.1, -0.05) is 26.0 Å². The first-order chi connectivity index (χ1) is 8.88. The van der Waals surface area contributed by atoms with Gasteiger partial charge in [0.25, 0.3) is 0 Å². The molecule has 1 atom stereocenters. The second kappa shape index (κ2) is 6.89. The van der Waals surface area contributed by atoms with Crippen LogP contribution in [0.1, 0.15) is 25.5 Å². The van der Waals surface area contributed by atoms with Crippen LogP contribution in [0.5, 0.6) is 5.75 Å². The van der Waals surface area contributed by atoms with Crippen LogP contribution in [0.2, 0.25) is 0 Å². The Morgan fingerprint density at radius 3 is 2.68 bits per heavy atom. The highest BCUT2D eigenvalue weighted by atomic mass is 16.5. The molecule has 0 fully saturated rings. The second-order valence-corrected chi connectivity index (χ2v) is 5.86. The van der Waals surface area contributed by atoms with Crippen molar-refractivity contribution in [1.82, 2.24) is 4.90 Å². The average Bonchev–Trinajstić information content (AvgIpc) is 2.38. The maximum absolute atomic E-state index is 10.3. The maximum Gasteiger partial charge on any atom is 0.119 e. The maximum atomic E-state index is 10.3. The van der Waals surface area contributed by atoms with Crippen LogP contribution in [-0.4, -0.2) is 43.8 Å². The monoisotopic (exact) mass is 266 g/mol. The van der Waals surface area contributed by atoms with Gasteiger partial charge in [0.05, 0.1) is 13.2 Å². The van der Waals surface area contributed by atoms with Gasteiger partial charge in [-0.25, -0.2) is 0 Å². The van der Waals surface area contributed by atoms with Crippen molar-refractivity contribution >= 4 is 0 Å². The zero-order chi connectivity index (χ0) is 14.5. The molecule has 0 radical (unpaired) electrons. The molecule has 0 amide bonds. The molecule has 0 aliphatic heterocycles. The predicted octanol–water partition coefficient (Wildman–Crippen LogP) is 1.65. The third-order valence-corrected chi connectivity index (χ3v) is 3.21. The standard InChI is InChI=1S/C15H26N2O2/c1-15(2,10-16)11-17(3)9-14(18)12-6-5-7-13(8-12)19-4/h5-8,14,18H,9-11,16H2,1-4H3. The topological polar surface area (TPSA) is 58.7 Å². The molecule has 0 aliphatic carbocycles. The number of aliphatic hydroxyl groups excluding tert-OH is 1. The lowest BCUT2D eigenvalue weighted by Gasteiger charge is -2.30. The van der Waals surface area contributed by atoms with Crippen molar-refractivity contribution in [3.8, 4) is 5.75 Å². The summed E-state index contributed by atoms with van der Waals surface area (Å²) in [7, 11) is 3.63. The van der Waals surface area contributed by atoms with Crippen molar-refractivity contribution in [2.24, 2.45) is 11.1 Å². The van der Waals surface area contributed by atoms with E-state index in [0.29, 0.717) is 13.1 Å². The summed E-state index contributed by atoms with van der Waals surface area (Å²) in [6.45, 7) is 6.32. The molecular formula is C15H26N2O2. The van der Waals surface area contributed by atoms with E-state index in [9.17, 15) is 5.11 Å². The lowest BCUT2D eigenvalue weighted by atomic mass is 9.93. The van der Waals surface area contributed by atoms with Crippen LogP contribution in [0.25, 0.3) is 0 Å². The molecule has 1 rings (SSSR count). The lowest BCUT2D eigenvalue weighted by Crippen LogP contribution is -2.38. The van der Waals surface area contributed by atoms with Gasteiger partial charge in [-0.05, 0) is 36.7 Å². The number of ether oxygens (including phenoxy) is 1. The van der Waals surface area contributed by atoms with E-state index in [-0.39, 0.29) is 5.41 Å². The zero-order valence-electron chi connectivity index (χ0n) is 12.4. The summed E-state index contributed by atoms with van der Waals surface area (Å²) in [5.74, 6) is 0.765. The van der Waals surface area contributed by atoms with Gasteiger partial charge in [0.1, 0.15) is 5.75 Å². The molecule has 1 aromatic rings. The molecule has 4 heteroatoms. The smallest absolute Gasteiger partial charge is 0.119 e. The van der Waals surface area contributed by atoms with Crippen LogP contribution >= 0.6 is 0 Å². The molecular weight excluding hydrogens is 240 g/mol. The number of aliphatic hydroxyl groups is 1. The zero-order valence-corrected chi connectivity index (χ0v) is 12.4. The van der Waals surface area contributed by atoms with E-state index in [1.54, 1.807) is 7.11 Å². The molecule has 108 valence electrons. The first kappa shape index (κ1) is 16.0. The number of nitrogens with two attached hydrogens (primary N) is 1. The summed E-state index contributed by atoms with van der Waals surface area (Å²) >= 11 is 0. The molecule has 0 saturated carbocycles. The Morgan fingerprint density at radius 1 is 1.42 bits per heavy atom. The number of methoxy groups -OCH3 is 1. The fourth-order valence-corrected chi connectivity index (χ4v) is 2.11. The Labute approximate surface area is 116 Å². The Hall–Kier alpha value is -1.10. The minimum absolute atomic E-state index is 0.0584. The molecule has 4 nitrogen and oxygen atoms in total. The van der Waals surface area contributed by atoms with Crippen molar-refractivity contribution in [3.63, 3.8) is 0 Å². The number of benzene rings is 1. The summed E-state index contributed by atoms with van der Waals surface area (Å²) in [6.07, 6.45) is -0.520. The average molecular weight is 266 g/mol. The first-order valence-corrected chi connectivity index (χ1v) is 6.58. The van der Waals surface area contributed by atoms with Crippen molar-refractivity contribution in [2.75, 3.05) is 33.8 Å². The molecule has 1 unspecified atom stereocenters. The van der Waals surface area contributed by atoms with E-state index in [2.05, 4.69) is 18.7 Å². The molecule has 3 N–H and O–H groups in total. The van der Waals surface area contributed by atoms with E-state index < -0.39 is 6.10 Å². The van der Waals surface area contributed by atoms with Gasteiger partial charge in [-0.3, -0.25) is 0 Å². The molecule has 1 aromatic carbocycles. The third kappa shape index (κ3) is 5.19. The summed E-state index contributed by atoms with van der Waals surface area (Å²) in [4.78, 5) is 2.11. The Bertz CT molecular complexity index is 393. The van der Waals surface area contributed by atoms with Crippen molar-refractivity contribution in [3.05, 3.63) is 29.8 Å². The lowest BCUT2D eigenvalue weighted by molar-refractivity contribution is 0.106. The Kier molecular flexibility index (Phi) is 5.79. The van der Waals surface area contributed by atoms with Gasteiger partial charge in [-0.2, -0.15) is 0 Å². The van der Waals surface area contributed by atoms with Crippen LogP contribution in [-0.2, 0) is 0 Å². The van der Waals surface area contributed by atoms with E-state index in [1.165, 1.54) is 0 Å². The summed E-state index contributed by atoms with van der Waals surface area (Å²) in [5.41, 5.74) is 6.66. The third-order valence-electron chi connectivity index (χ3n) is 3.21. The molecule has 0 aliphatic rings. The van der Waals surface area contributed by atoms with E-state index in [1.807, 2.05) is 31.3 Å². The molecule has 0 aromatic heterocycles. The van der Waals surface area contributed by atoms with E-state index in [0.717, 1.165) is 17.9 Å². The number of hydrogen-bond acceptors (Lipinski definition) is 4. The van der Waals surface area contributed by atoms with Crippen LogP contribution in [0, 0.1) is 5.41 Å². The molecule has 0 bridgehead atoms. The van der Waals surface area contributed by atoms with Crippen LogP contribution < -0.4 is 10.5 Å². The summed E-state index contributed by atoms with van der Waals surface area (Å²) in [5, 5.41) is 10.3. The van der Waals surface area contributed by atoms with Gasteiger partial charge in [0.2, 0.25) is 0 Å². The first-order valence-electron chi connectivity index (χ1n) is 6.58. The number of hydrogen-bond donors (Lipinski definition) is 2. The highest BCUT2D eigenvalue weighted by Gasteiger charge is 2.20. The van der Waals surface area contributed by atoms with Crippen molar-refractivity contribution in [2.45, 2.75) is 20.0 Å². The Morgan fingerprint density at radius 2 is 2.11 bits per heavy atom. The van der Waals surface area contributed by atoms with Gasteiger partial charge in [0.15, 0.2) is 0 Å². The summed E-state index contributed by atoms with van der Waals surface area (Å²) < 4.78 is 5.17. The molecule has 0 spiro atoms. The minimum Gasteiger partial charge on any atom is -0.497 e. The van der Waals surface area contributed by atoms with Gasteiger partial charge in [0, 0.05) is 13.1 Å². The fourth-order valence-electron chi connectivity index (χ4n) is 2.11. The highest BCUT2D eigenvalue weighted by Crippen LogP contribution is 2.21. The summed E-state index contributed by atoms with van der Waals surface area (Å²) in [6, 6.07) is 7.54. The minimum atomic E-state index is -0.520. The van der Waals surface area contributed by atoms with Gasteiger partial charge in [-0.15, -0.1) is 0 Å². The van der Waals surface area contributed by atoms with Crippen molar-refractivity contribution < 1.29 is 9.84 Å². The van der Waals surface area contributed by atoms with E-state index in [4.69, 9.17) is 10.5 Å². The number of rotatable bonds is 7. The molecule has 19 heavy (non-hydrogen) atoms. The predicted molar refractivity (Wildman–Crippen MR) is 78.3 cm³/mol. The number of nitrogens with zero attached hydrogens (tertiary/aromatic N) is 1. The van der Waals surface area contributed by atoms with E-state index >= 15 is 0 Å². The number of likely N-dealkylation sites (N-methyl/N-ethyl adjacent to an activating group) is 1. The SMILES string of the molecule is COc1cccc(C(O)CN(C)CC(C)(C)CN)c1. The molecule has 0 saturated heterocycles. The normalized spacial score (nSPS) is 13.6. The Balaban J connectivity index is 2.60. The largest absolute Gasteiger partial charge is 0.497 e.